The van der Waals surface area contributed by atoms with Crippen molar-refractivity contribution < 1.29 is 9.59 Å². The Kier molecular flexibility index (Phi) is 10.6. The molecule has 2 rings (SSSR count). The molecular formula is C18H27IN4O2S. The van der Waals surface area contributed by atoms with Crippen LogP contribution in [0.3, 0.4) is 0 Å². The summed E-state index contributed by atoms with van der Waals surface area (Å²) >= 11 is 1.84. The molecule has 1 aromatic rings. The standard InChI is InChI=1S/C18H26N4O2S.HI/c1-3-19-18(20-10-6-7-13-25-2)21-11-12-22-16(23)14-8-4-5-9-15(14)17(22)24;/h4-5,8-9H,3,6-7,10-13H2,1-2H3,(H2,19,20,21);1H. The maximum absolute atomic E-state index is 12.3. The number of thioether (sulfide) groups is 1. The van der Waals surface area contributed by atoms with E-state index in [1.54, 1.807) is 24.3 Å². The van der Waals surface area contributed by atoms with Crippen molar-refractivity contribution >= 4 is 53.5 Å². The summed E-state index contributed by atoms with van der Waals surface area (Å²) in [5.41, 5.74) is 0.976. The van der Waals surface area contributed by atoms with Crippen molar-refractivity contribution in [2.45, 2.75) is 19.8 Å². The van der Waals surface area contributed by atoms with E-state index in [-0.39, 0.29) is 35.8 Å². The zero-order valence-electron chi connectivity index (χ0n) is 15.3. The number of guanidine groups is 1. The molecule has 0 fully saturated rings. The number of amides is 2. The molecule has 144 valence electrons. The Morgan fingerprint density at radius 2 is 1.77 bits per heavy atom. The highest BCUT2D eigenvalue weighted by Crippen LogP contribution is 2.21. The minimum atomic E-state index is -0.221. The second kappa shape index (κ2) is 12.2. The Balaban J connectivity index is 0.00000338. The third kappa shape index (κ3) is 6.15. The summed E-state index contributed by atoms with van der Waals surface area (Å²) in [6.07, 6.45) is 4.31. The number of hydrogen-bond acceptors (Lipinski definition) is 4. The summed E-state index contributed by atoms with van der Waals surface area (Å²) in [5, 5.41) is 6.38. The molecule has 6 nitrogen and oxygen atoms in total. The molecule has 0 atom stereocenters. The Bertz CT molecular complexity index is 604. The Morgan fingerprint density at radius 1 is 1.12 bits per heavy atom. The zero-order valence-corrected chi connectivity index (χ0v) is 18.4. The van der Waals surface area contributed by atoms with Crippen molar-refractivity contribution in [2.75, 3.05) is 38.2 Å². The van der Waals surface area contributed by atoms with Gasteiger partial charge in [-0.3, -0.25) is 19.5 Å². The van der Waals surface area contributed by atoms with Crippen LogP contribution in [0.2, 0.25) is 0 Å². The normalized spacial score (nSPS) is 13.5. The first-order valence-corrected chi connectivity index (χ1v) is 10.0. The van der Waals surface area contributed by atoms with E-state index >= 15 is 0 Å². The zero-order chi connectivity index (χ0) is 18.1. The molecule has 1 aromatic carbocycles. The van der Waals surface area contributed by atoms with E-state index in [1.807, 2.05) is 18.7 Å². The lowest BCUT2D eigenvalue weighted by Crippen LogP contribution is -2.43. The summed E-state index contributed by atoms with van der Waals surface area (Å²) in [7, 11) is 0. The fourth-order valence-corrected chi connectivity index (χ4v) is 3.11. The largest absolute Gasteiger partial charge is 0.357 e. The van der Waals surface area contributed by atoms with Gasteiger partial charge in [-0.25, -0.2) is 0 Å². The van der Waals surface area contributed by atoms with Gasteiger partial charge in [-0.2, -0.15) is 11.8 Å². The number of carbonyl (C=O) groups excluding carboxylic acids is 2. The van der Waals surface area contributed by atoms with Gasteiger partial charge in [0.1, 0.15) is 0 Å². The number of halogens is 1. The van der Waals surface area contributed by atoms with Gasteiger partial charge >= 0.3 is 0 Å². The summed E-state index contributed by atoms with van der Waals surface area (Å²) in [6, 6.07) is 6.95. The lowest BCUT2D eigenvalue weighted by Gasteiger charge is -2.16. The van der Waals surface area contributed by atoms with Crippen LogP contribution in [0.1, 0.15) is 40.5 Å². The summed E-state index contributed by atoms with van der Waals surface area (Å²) in [4.78, 5) is 30.4. The SMILES string of the molecule is CCNC(=NCCCCSC)NCCN1C(=O)c2ccccc2C1=O.I. The number of rotatable bonds is 9. The molecule has 0 aromatic heterocycles. The van der Waals surface area contributed by atoms with Gasteiger partial charge in [0.05, 0.1) is 11.1 Å². The van der Waals surface area contributed by atoms with Crippen LogP contribution in [-0.2, 0) is 0 Å². The minimum absolute atomic E-state index is 0. The first-order chi connectivity index (χ1) is 12.2. The second-order valence-corrected chi connectivity index (χ2v) is 6.68. The number of unbranched alkanes of at least 4 members (excludes halogenated alkanes) is 1. The van der Waals surface area contributed by atoms with E-state index in [0.29, 0.717) is 24.2 Å². The Labute approximate surface area is 176 Å². The van der Waals surface area contributed by atoms with Gasteiger partial charge < -0.3 is 10.6 Å². The van der Waals surface area contributed by atoms with Crippen molar-refractivity contribution in [3.63, 3.8) is 0 Å². The lowest BCUT2D eigenvalue weighted by atomic mass is 10.1. The number of nitrogens with zero attached hydrogens (tertiary/aromatic N) is 2. The highest BCUT2D eigenvalue weighted by atomic mass is 127. The van der Waals surface area contributed by atoms with E-state index in [4.69, 9.17) is 0 Å². The summed E-state index contributed by atoms with van der Waals surface area (Å²) in [5.74, 6) is 1.44. The van der Waals surface area contributed by atoms with Crippen LogP contribution in [0, 0.1) is 0 Å². The van der Waals surface area contributed by atoms with Crippen LogP contribution in [0.15, 0.2) is 29.3 Å². The molecule has 2 amide bonds. The molecule has 0 bridgehead atoms. The molecule has 0 aliphatic carbocycles. The van der Waals surface area contributed by atoms with Crippen LogP contribution in [0.25, 0.3) is 0 Å². The van der Waals surface area contributed by atoms with Crippen LogP contribution in [0.4, 0.5) is 0 Å². The molecule has 0 saturated heterocycles. The first-order valence-electron chi connectivity index (χ1n) is 8.65. The number of imide groups is 1. The van der Waals surface area contributed by atoms with Crippen LogP contribution in [-0.4, -0.2) is 60.9 Å². The molecule has 1 aliphatic heterocycles. The maximum Gasteiger partial charge on any atom is 0.261 e. The van der Waals surface area contributed by atoms with Gasteiger partial charge in [-0.15, -0.1) is 24.0 Å². The van der Waals surface area contributed by atoms with Crippen molar-refractivity contribution in [3.8, 4) is 0 Å². The third-order valence-electron chi connectivity index (χ3n) is 3.88. The van der Waals surface area contributed by atoms with Gasteiger partial charge in [-0.1, -0.05) is 12.1 Å². The molecule has 8 heteroatoms. The number of carbonyl (C=O) groups is 2. The number of benzene rings is 1. The van der Waals surface area contributed by atoms with E-state index in [2.05, 4.69) is 21.9 Å². The van der Waals surface area contributed by atoms with E-state index < -0.39 is 0 Å². The predicted molar refractivity (Wildman–Crippen MR) is 119 cm³/mol. The van der Waals surface area contributed by atoms with Crippen molar-refractivity contribution in [3.05, 3.63) is 35.4 Å². The molecule has 26 heavy (non-hydrogen) atoms. The number of nitrogens with one attached hydrogen (secondary N) is 2. The molecule has 1 heterocycles. The maximum atomic E-state index is 12.3. The second-order valence-electron chi connectivity index (χ2n) is 5.69. The van der Waals surface area contributed by atoms with Crippen LogP contribution in [0.5, 0.6) is 0 Å². The van der Waals surface area contributed by atoms with Gasteiger partial charge in [0.2, 0.25) is 0 Å². The third-order valence-corrected chi connectivity index (χ3v) is 4.57. The number of hydrogen-bond donors (Lipinski definition) is 2. The molecule has 0 spiro atoms. The van der Waals surface area contributed by atoms with E-state index in [0.717, 1.165) is 37.6 Å². The molecule has 0 unspecified atom stereocenters. The molecule has 0 radical (unpaired) electrons. The van der Waals surface area contributed by atoms with E-state index in [9.17, 15) is 9.59 Å². The minimum Gasteiger partial charge on any atom is -0.357 e. The molecule has 1 aliphatic rings. The van der Waals surface area contributed by atoms with Gasteiger partial charge in [0, 0.05) is 26.2 Å². The highest BCUT2D eigenvalue weighted by molar-refractivity contribution is 14.0. The summed E-state index contributed by atoms with van der Waals surface area (Å²) < 4.78 is 0. The van der Waals surface area contributed by atoms with Crippen molar-refractivity contribution in [1.29, 1.82) is 0 Å². The predicted octanol–water partition coefficient (Wildman–Crippen LogP) is 2.60. The average Bonchev–Trinajstić information content (AvgIpc) is 2.86. The fraction of sp³-hybridized carbons (Fsp3) is 0.500. The van der Waals surface area contributed by atoms with Crippen molar-refractivity contribution in [1.82, 2.24) is 15.5 Å². The monoisotopic (exact) mass is 490 g/mol. The van der Waals surface area contributed by atoms with Gasteiger partial charge in [0.15, 0.2) is 5.96 Å². The van der Waals surface area contributed by atoms with Gasteiger partial charge in [0.25, 0.3) is 11.8 Å². The van der Waals surface area contributed by atoms with E-state index in [1.165, 1.54) is 4.90 Å². The van der Waals surface area contributed by atoms with Crippen LogP contribution < -0.4 is 10.6 Å². The Morgan fingerprint density at radius 3 is 2.35 bits per heavy atom. The average molecular weight is 490 g/mol. The summed E-state index contributed by atoms with van der Waals surface area (Å²) in [6.45, 7) is 4.34. The van der Waals surface area contributed by atoms with Crippen molar-refractivity contribution in [2.24, 2.45) is 4.99 Å². The molecule has 2 N–H and O–H groups in total. The lowest BCUT2D eigenvalue weighted by molar-refractivity contribution is 0.0657. The number of aliphatic imine (C=N–C) groups is 1. The smallest absolute Gasteiger partial charge is 0.261 e. The quantitative estimate of drug-likeness (QED) is 0.183. The number of fused-ring (bicyclic) bond motifs is 1. The topological polar surface area (TPSA) is 73.8 Å². The van der Waals surface area contributed by atoms with Crippen LogP contribution >= 0.6 is 35.7 Å². The van der Waals surface area contributed by atoms with Gasteiger partial charge in [-0.05, 0) is 43.9 Å². The highest BCUT2D eigenvalue weighted by Gasteiger charge is 2.34. The molecule has 0 saturated carbocycles. The Hall–Kier alpha value is -1.29. The fourth-order valence-electron chi connectivity index (χ4n) is 2.62. The molecular weight excluding hydrogens is 463 g/mol. The first kappa shape index (κ1) is 22.8.